The lowest BCUT2D eigenvalue weighted by Crippen LogP contribution is -2.23. The average molecular weight is 246 g/mol. The summed E-state index contributed by atoms with van der Waals surface area (Å²) < 4.78 is 2.98. The summed E-state index contributed by atoms with van der Waals surface area (Å²) in [5.41, 5.74) is 1.37. The second-order valence-electron chi connectivity index (χ2n) is 4.54. The molecule has 2 aromatic heterocycles. The Morgan fingerprint density at radius 1 is 1.50 bits per heavy atom. The molecule has 18 heavy (non-hydrogen) atoms. The third-order valence-corrected chi connectivity index (χ3v) is 2.78. The molecule has 0 bridgehead atoms. The molecule has 2 heterocycles. The number of hydrogen-bond acceptors (Lipinski definition) is 5. The molecule has 1 aliphatic rings. The van der Waals surface area contributed by atoms with E-state index in [1.807, 2.05) is 0 Å². The van der Waals surface area contributed by atoms with Crippen LogP contribution in [0, 0.1) is 0 Å². The number of rotatable bonds is 4. The lowest BCUT2D eigenvalue weighted by Gasteiger charge is -2.05. The van der Waals surface area contributed by atoms with Gasteiger partial charge in [0.05, 0.1) is 24.6 Å². The van der Waals surface area contributed by atoms with E-state index in [9.17, 15) is 4.79 Å². The lowest BCUT2D eigenvalue weighted by molar-refractivity contribution is 0.626. The molecule has 0 amide bonds. The first-order valence-corrected chi connectivity index (χ1v) is 5.89. The van der Waals surface area contributed by atoms with Crippen molar-refractivity contribution < 1.29 is 0 Å². The fourth-order valence-electron chi connectivity index (χ4n) is 1.72. The lowest BCUT2D eigenvalue weighted by atomic mass is 10.4. The zero-order valence-electron chi connectivity index (χ0n) is 10.1. The maximum atomic E-state index is 11.9. The van der Waals surface area contributed by atoms with Crippen molar-refractivity contribution in [2.24, 2.45) is 7.05 Å². The molecule has 1 fully saturated rings. The van der Waals surface area contributed by atoms with Crippen molar-refractivity contribution in [2.75, 3.05) is 5.32 Å². The highest BCUT2D eigenvalue weighted by atomic mass is 16.1. The maximum absolute atomic E-state index is 11.9. The van der Waals surface area contributed by atoms with Gasteiger partial charge in [-0.2, -0.15) is 5.10 Å². The van der Waals surface area contributed by atoms with E-state index in [0.29, 0.717) is 12.6 Å². The molecule has 1 saturated carbocycles. The summed E-state index contributed by atoms with van der Waals surface area (Å²) in [6.07, 6.45) is 5.78. The first-order valence-electron chi connectivity index (χ1n) is 5.89. The number of nitrogens with zero attached hydrogens (tertiary/aromatic N) is 5. The molecular formula is C11H14N6O. The third-order valence-electron chi connectivity index (χ3n) is 2.78. The number of anilines is 1. The van der Waals surface area contributed by atoms with Gasteiger partial charge < -0.3 is 5.32 Å². The van der Waals surface area contributed by atoms with Gasteiger partial charge in [-0.05, 0) is 12.8 Å². The van der Waals surface area contributed by atoms with Gasteiger partial charge in [0.2, 0.25) is 0 Å². The molecule has 0 saturated heterocycles. The van der Waals surface area contributed by atoms with Crippen LogP contribution in [-0.4, -0.2) is 30.8 Å². The van der Waals surface area contributed by atoms with Crippen LogP contribution in [0.25, 0.3) is 0 Å². The summed E-state index contributed by atoms with van der Waals surface area (Å²) in [5.74, 6) is 0. The normalized spacial score (nSPS) is 14.7. The zero-order valence-corrected chi connectivity index (χ0v) is 10.1. The van der Waals surface area contributed by atoms with Crippen LogP contribution in [0.2, 0.25) is 0 Å². The first kappa shape index (κ1) is 10.9. The molecule has 94 valence electrons. The monoisotopic (exact) mass is 246 g/mol. The van der Waals surface area contributed by atoms with Gasteiger partial charge in [-0.3, -0.25) is 9.48 Å². The molecule has 7 heteroatoms. The summed E-state index contributed by atoms with van der Waals surface area (Å²) in [4.78, 5) is 11.9. The van der Waals surface area contributed by atoms with Crippen molar-refractivity contribution in [3.8, 4) is 0 Å². The number of aromatic nitrogens is 5. The van der Waals surface area contributed by atoms with Crippen LogP contribution in [0.5, 0.6) is 0 Å². The van der Waals surface area contributed by atoms with Gasteiger partial charge >= 0.3 is 0 Å². The van der Waals surface area contributed by atoms with Crippen LogP contribution in [0.4, 0.5) is 5.69 Å². The Balaban J connectivity index is 1.77. The van der Waals surface area contributed by atoms with Gasteiger partial charge in [0.15, 0.2) is 0 Å². The van der Waals surface area contributed by atoms with E-state index in [-0.39, 0.29) is 5.56 Å². The van der Waals surface area contributed by atoms with Crippen molar-refractivity contribution >= 4 is 5.69 Å². The van der Waals surface area contributed by atoms with Crippen LogP contribution in [0.15, 0.2) is 23.3 Å². The first-order chi connectivity index (χ1) is 8.70. The molecule has 0 aromatic carbocycles. The highest BCUT2D eigenvalue weighted by molar-refractivity contribution is 5.41. The number of nitrogens with one attached hydrogen (secondary N) is 1. The Labute approximate surface area is 103 Å². The van der Waals surface area contributed by atoms with E-state index in [2.05, 4.69) is 20.7 Å². The molecule has 0 spiro atoms. The zero-order chi connectivity index (χ0) is 12.5. The SMILES string of the molecule is Cn1cc(Cn2ncc(NC3CC3)cc2=O)nn1. The molecule has 3 rings (SSSR count). The Morgan fingerprint density at radius 2 is 2.33 bits per heavy atom. The Bertz CT molecular complexity index is 612. The van der Waals surface area contributed by atoms with E-state index >= 15 is 0 Å². The van der Waals surface area contributed by atoms with Gasteiger partial charge in [-0.1, -0.05) is 5.21 Å². The molecule has 0 aliphatic heterocycles. The second-order valence-corrected chi connectivity index (χ2v) is 4.54. The summed E-state index contributed by atoms with van der Waals surface area (Å²) in [6, 6.07) is 2.09. The van der Waals surface area contributed by atoms with Gasteiger partial charge in [-0.15, -0.1) is 5.10 Å². The van der Waals surface area contributed by atoms with Crippen molar-refractivity contribution in [3.63, 3.8) is 0 Å². The highest BCUT2D eigenvalue weighted by Gasteiger charge is 2.21. The van der Waals surface area contributed by atoms with E-state index in [1.54, 1.807) is 30.2 Å². The molecule has 7 nitrogen and oxygen atoms in total. The van der Waals surface area contributed by atoms with Crippen LogP contribution in [0.1, 0.15) is 18.5 Å². The minimum absolute atomic E-state index is 0.133. The third kappa shape index (κ3) is 2.39. The summed E-state index contributed by atoms with van der Waals surface area (Å²) in [5, 5.41) is 15.1. The van der Waals surface area contributed by atoms with E-state index in [0.717, 1.165) is 11.4 Å². The van der Waals surface area contributed by atoms with Crippen LogP contribution in [0.3, 0.4) is 0 Å². The summed E-state index contributed by atoms with van der Waals surface area (Å²) in [6.45, 7) is 0.344. The molecule has 2 aromatic rings. The van der Waals surface area contributed by atoms with E-state index < -0.39 is 0 Å². The van der Waals surface area contributed by atoms with Gasteiger partial charge in [0, 0.05) is 19.2 Å². The predicted octanol–water partition coefficient (Wildman–Crippen LogP) is -0.00560. The Hall–Kier alpha value is -2.18. The van der Waals surface area contributed by atoms with E-state index in [4.69, 9.17) is 0 Å². The summed E-state index contributed by atoms with van der Waals surface area (Å²) in [7, 11) is 1.79. The molecule has 1 N–H and O–H groups in total. The van der Waals surface area contributed by atoms with Crippen molar-refractivity contribution in [1.29, 1.82) is 0 Å². The fourth-order valence-corrected chi connectivity index (χ4v) is 1.72. The fraction of sp³-hybridized carbons (Fsp3) is 0.455. The smallest absolute Gasteiger partial charge is 0.269 e. The summed E-state index contributed by atoms with van der Waals surface area (Å²) >= 11 is 0. The van der Waals surface area contributed by atoms with E-state index in [1.165, 1.54) is 17.5 Å². The minimum Gasteiger partial charge on any atom is -0.381 e. The molecule has 0 atom stereocenters. The van der Waals surface area contributed by atoms with Crippen molar-refractivity contribution in [3.05, 3.63) is 34.5 Å². The van der Waals surface area contributed by atoms with Gasteiger partial charge in [-0.25, -0.2) is 4.68 Å². The largest absolute Gasteiger partial charge is 0.381 e. The topological polar surface area (TPSA) is 77.6 Å². The molecule has 1 aliphatic carbocycles. The average Bonchev–Trinajstić information content (AvgIpc) is 3.05. The van der Waals surface area contributed by atoms with Crippen molar-refractivity contribution in [1.82, 2.24) is 24.8 Å². The van der Waals surface area contributed by atoms with Gasteiger partial charge in [0.25, 0.3) is 5.56 Å². The van der Waals surface area contributed by atoms with Crippen molar-refractivity contribution in [2.45, 2.75) is 25.4 Å². The van der Waals surface area contributed by atoms with Crippen LogP contribution >= 0.6 is 0 Å². The van der Waals surface area contributed by atoms with Crippen LogP contribution < -0.4 is 10.9 Å². The molecule has 0 radical (unpaired) electrons. The molecular weight excluding hydrogens is 232 g/mol. The Morgan fingerprint density at radius 3 is 2.94 bits per heavy atom. The maximum Gasteiger partial charge on any atom is 0.269 e. The van der Waals surface area contributed by atoms with Gasteiger partial charge in [0.1, 0.15) is 5.69 Å². The predicted molar refractivity (Wildman–Crippen MR) is 65.2 cm³/mol. The number of aryl methyl sites for hydroxylation is 1. The standard InChI is InChI=1S/C11H14N6O/c1-16-6-10(14-15-16)7-17-11(18)4-9(5-12-17)13-8-2-3-8/h4-6,8,13H,2-3,7H2,1H3. The quantitative estimate of drug-likeness (QED) is 0.821. The number of hydrogen-bond donors (Lipinski definition) is 1. The highest BCUT2D eigenvalue weighted by Crippen LogP contribution is 2.23. The molecule has 0 unspecified atom stereocenters. The Kier molecular flexibility index (Phi) is 2.58. The second kappa shape index (κ2) is 4.25. The van der Waals surface area contributed by atoms with Crippen LogP contribution in [-0.2, 0) is 13.6 Å². The minimum atomic E-state index is -0.133.